The molecule has 0 saturated carbocycles. The fourth-order valence-electron chi connectivity index (χ4n) is 1.58. The van der Waals surface area contributed by atoms with Gasteiger partial charge in [0, 0.05) is 18.3 Å². The molecule has 0 fully saturated rings. The third-order valence-electron chi connectivity index (χ3n) is 2.46. The number of hydrogen-bond donors (Lipinski definition) is 4. The molecule has 0 unspecified atom stereocenters. The van der Waals surface area contributed by atoms with E-state index < -0.39 is 0 Å². The number of hydrogen-bond acceptors (Lipinski definition) is 4. The average molecular weight is 289 g/mol. The first-order valence-electron chi connectivity index (χ1n) is 6.05. The first-order valence-corrected chi connectivity index (χ1v) is 6.46. The Hall–Kier alpha value is -2.41. The van der Waals surface area contributed by atoms with Gasteiger partial charge in [0.1, 0.15) is 0 Å². The van der Waals surface area contributed by atoms with Gasteiger partial charge < -0.3 is 5.32 Å². The lowest BCUT2D eigenvalue weighted by atomic mass is 10.2. The molecule has 0 spiro atoms. The number of nitrogens with one attached hydrogen (secondary N) is 4. The van der Waals surface area contributed by atoms with Gasteiger partial charge in [-0.1, -0.05) is 30.3 Å². The van der Waals surface area contributed by atoms with Crippen LogP contribution in [-0.2, 0) is 6.54 Å². The van der Waals surface area contributed by atoms with Gasteiger partial charge in [0.2, 0.25) is 5.95 Å². The van der Waals surface area contributed by atoms with Gasteiger partial charge in [-0.2, -0.15) is 0 Å². The van der Waals surface area contributed by atoms with Crippen LogP contribution >= 0.6 is 12.2 Å². The SMILES string of the molecule is Cc1cc(=O)[nH]c(NNC(=S)NCc2ccccc2)n1. The zero-order chi connectivity index (χ0) is 14.4. The molecule has 6 nitrogen and oxygen atoms in total. The largest absolute Gasteiger partial charge is 0.357 e. The lowest BCUT2D eigenvalue weighted by molar-refractivity contribution is 0.876. The van der Waals surface area contributed by atoms with Crippen LogP contribution in [0, 0.1) is 6.92 Å². The summed E-state index contributed by atoms with van der Waals surface area (Å²) in [6.07, 6.45) is 0. The van der Waals surface area contributed by atoms with Gasteiger partial charge in [0.05, 0.1) is 0 Å². The van der Waals surface area contributed by atoms with E-state index in [2.05, 4.69) is 26.1 Å². The van der Waals surface area contributed by atoms with Crippen LogP contribution in [0.3, 0.4) is 0 Å². The van der Waals surface area contributed by atoms with Crippen LogP contribution in [-0.4, -0.2) is 15.1 Å². The fourth-order valence-corrected chi connectivity index (χ4v) is 1.70. The summed E-state index contributed by atoms with van der Waals surface area (Å²) < 4.78 is 0. The molecule has 1 aromatic heterocycles. The molecule has 0 aliphatic rings. The summed E-state index contributed by atoms with van der Waals surface area (Å²) in [5.74, 6) is 0.318. The van der Waals surface area contributed by atoms with Gasteiger partial charge >= 0.3 is 0 Å². The van der Waals surface area contributed by atoms with Crippen LogP contribution in [0.1, 0.15) is 11.3 Å². The summed E-state index contributed by atoms with van der Waals surface area (Å²) in [6.45, 7) is 2.36. The Labute approximate surface area is 121 Å². The highest BCUT2D eigenvalue weighted by molar-refractivity contribution is 7.80. The van der Waals surface area contributed by atoms with Gasteiger partial charge in [0.25, 0.3) is 5.56 Å². The van der Waals surface area contributed by atoms with Crippen molar-refractivity contribution in [1.82, 2.24) is 20.7 Å². The predicted molar refractivity (Wildman–Crippen MR) is 82.2 cm³/mol. The molecule has 7 heteroatoms. The number of aromatic amines is 1. The minimum Gasteiger partial charge on any atom is -0.357 e. The molecule has 104 valence electrons. The number of nitrogens with zero attached hydrogens (tertiary/aromatic N) is 1. The Morgan fingerprint density at radius 2 is 2.10 bits per heavy atom. The van der Waals surface area contributed by atoms with Crippen molar-refractivity contribution in [3.63, 3.8) is 0 Å². The van der Waals surface area contributed by atoms with Gasteiger partial charge in [-0.25, -0.2) is 4.98 Å². The fraction of sp³-hybridized carbons (Fsp3) is 0.154. The van der Waals surface area contributed by atoms with E-state index in [9.17, 15) is 4.79 Å². The van der Waals surface area contributed by atoms with E-state index in [0.29, 0.717) is 23.3 Å². The van der Waals surface area contributed by atoms with Crippen molar-refractivity contribution in [2.24, 2.45) is 0 Å². The highest BCUT2D eigenvalue weighted by atomic mass is 32.1. The first kappa shape index (κ1) is 14.0. The van der Waals surface area contributed by atoms with Gasteiger partial charge in [-0.05, 0) is 24.7 Å². The molecule has 1 aromatic carbocycles. The third-order valence-corrected chi connectivity index (χ3v) is 2.71. The maximum Gasteiger partial charge on any atom is 0.252 e. The Morgan fingerprint density at radius 3 is 2.80 bits per heavy atom. The van der Waals surface area contributed by atoms with Crippen molar-refractivity contribution in [2.75, 3.05) is 5.43 Å². The Kier molecular flexibility index (Phi) is 4.67. The minimum atomic E-state index is -0.218. The molecule has 2 rings (SSSR count). The van der Waals surface area contributed by atoms with E-state index >= 15 is 0 Å². The Morgan fingerprint density at radius 1 is 1.35 bits per heavy atom. The summed E-state index contributed by atoms with van der Waals surface area (Å²) >= 11 is 5.11. The molecule has 0 amide bonds. The molecule has 0 saturated heterocycles. The van der Waals surface area contributed by atoms with Crippen LogP contribution in [0.5, 0.6) is 0 Å². The van der Waals surface area contributed by atoms with E-state index in [4.69, 9.17) is 12.2 Å². The molecular formula is C13H15N5OS. The van der Waals surface area contributed by atoms with Crippen molar-refractivity contribution in [2.45, 2.75) is 13.5 Å². The molecule has 1 heterocycles. The second kappa shape index (κ2) is 6.67. The molecule has 0 aliphatic heterocycles. The highest BCUT2D eigenvalue weighted by Gasteiger charge is 1.99. The van der Waals surface area contributed by atoms with E-state index in [0.717, 1.165) is 5.56 Å². The quantitative estimate of drug-likeness (QED) is 0.498. The third kappa shape index (κ3) is 4.36. The molecular weight excluding hydrogens is 274 g/mol. The van der Waals surface area contributed by atoms with Crippen molar-refractivity contribution in [1.29, 1.82) is 0 Å². The molecule has 2 aromatic rings. The number of aromatic nitrogens is 2. The number of thiocarbonyl (C=S) groups is 1. The summed E-state index contributed by atoms with van der Waals surface area (Å²) in [5.41, 5.74) is 7.04. The number of anilines is 1. The van der Waals surface area contributed by atoms with Gasteiger partial charge in [0.15, 0.2) is 5.11 Å². The number of aryl methyl sites for hydroxylation is 1. The summed E-state index contributed by atoms with van der Waals surface area (Å²) in [6, 6.07) is 11.3. The van der Waals surface area contributed by atoms with E-state index in [-0.39, 0.29) is 5.56 Å². The summed E-state index contributed by atoms with van der Waals surface area (Å²) in [4.78, 5) is 17.9. The van der Waals surface area contributed by atoms with Crippen LogP contribution < -0.4 is 21.7 Å². The van der Waals surface area contributed by atoms with Crippen molar-refractivity contribution in [3.8, 4) is 0 Å². The lowest BCUT2D eigenvalue weighted by Gasteiger charge is -2.11. The maximum absolute atomic E-state index is 11.3. The monoisotopic (exact) mass is 289 g/mol. The van der Waals surface area contributed by atoms with Crippen molar-refractivity contribution in [3.05, 3.63) is 58.0 Å². The average Bonchev–Trinajstić information content (AvgIpc) is 2.43. The zero-order valence-electron chi connectivity index (χ0n) is 10.9. The number of hydrazine groups is 1. The van der Waals surface area contributed by atoms with Crippen LogP contribution in [0.4, 0.5) is 5.95 Å². The topological polar surface area (TPSA) is 81.8 Å². The molecule has 0 atom stereocenters. The minimum absolute atomic E-state index is 0.218. The second-order valence-corrected chi connectivity index (χ2v) is 4.56. The van der Waals surface area contributed by atoms with Crippen LogP contribution in [0.25, 0.3) is 0 Å². The molecule has 20 heavy (non-hydrogen) atoms. The highest BCUT2D eigenvalue weighted by Crippen LogP contribution is 1.97. The number of rotatable bonds is 4. The summed E-state index contributed by atoms with van der Waals surface area (Å²) in [7, 11) is 0. The smallest absolute Gasteiger partial charge is 0.252 e. The zero-order valence-corrected chi connectivity index (χ0v) is 11.8. The van der Waals surface area contributed by atoms with Crippen molar-refractivity contribution >= 4 is 23.3 Å². The van der Waals surface area contributed by atoms with E-state index in [1.54, 1.807) is 6.92 Å². The van der Waals surface area contributed by atoms with Crippen LogP contribution in [0.2, 0.25) is 0 Å². The molecule has 0 aliphatic carbocycles. The van der Waals surface area contributed by atoms with E-state index in [1.807, 2.05) is 30.3 Å². The standard InChI is InChI=1S/C13H15N5OS/c1-9-7-11(19)16-12(15-9)17-18-13(20)14-8-10-5-3-2-4-6-10/h2-7H,8H2,1H3,(H2,14,18,20)(H2,15,16,17,19). The van der Waals surface area contributed by atoms with Gasteiger partial charge in [-0.15, -0.1) is 0 Å². The predicted octanol–water partition coefficient (Wildman–Crippen LogP) is 1.07. The van der Waals surface area contributed by atoms with Crippen molar-refractivity contribution < 1.29 is 0 Å². The molecule has 0 radical (unpaired) electrons. The molecule has 0 bridgehead atoms. The number of benzene rings is 1. The Balaban J connectivity index is 1.82. The lowest BCUT2D eigenvalue weighted by Crippen LogP contribution is -2.39. The number of H-pyrrole nitrogens is 1. The summed E-state index contributed by atoms with van der Waals surface area (Å²) in [5, 5.41) is 3.45. The van der Waals surface area contributed by atoms with Gasteiger partial charge in [-0.3, -0.25) is 20.6 Å². The first-order chi connectivity index (χ1) is 9.63. The maximum atomic E-state index is 11.3. The second-order valence-electron chi connectivity index (χ2n) is 4.15. The molecule has 4 N–H and O–H groups in total. The van der Waals surface area contributed by atoms with E-state index in [1.165, 1.54) is 6.07 Å². The Bertz CT molecular complexity index is 641. The normalized spacial score (nSPS) is 9.85. The van der Waals surface area contributed by atoms with Crippen LogP contribution in [0.15, 0.2) is 41.2 Å².